The van der Waals surface area contributed by atoms with E-state index < -0.39 is 10.0 Å². The van der Waals surface area contributed by atoms with Crippen LogP contribution in [0.2, 0.25) is 0 Å². The fourth-order valence-electron chi connectivity index (χ4n) is 3.40. The van der Waals surface area contributed by atoms with Gasteiger partial charge in [-0.2, -0.15) is 14.8 Å². The quantitative estimate of drug-likeness (QED) is 0.597. The minimum absolute atomic E-state index is 0.0203. The van der Waals surface area contributed by atoms with Crippen LogP contribution in [-0.2, 0) is 10.0 Å². The second-order valence-corrected chi connectivity index (χ2v) is 9.89. The van der Waals surface area contributed by atoms with E-state index in [1.54, 1.807) is 6.07 Å². The maximum absolute atomic E-state index is 13.1. The largest absolute Gasteiger partial charge is 0.366 e. The van der Waals surface area contributed by atoms with Gasteiger partial charge in [0.1, 0.15) is 6.07 Å². The molecule has 0 amide bonds. The van der Waals surface area contributed by atoms with Crippen molar-refractivity contribution in [1.82, 2.24) is 4.31 Å². The zero-order valence-electron chi connectivity index (χ0n) is 15.5. The Morgan fingerprint density at radius 3 is 2.25 bits per heavy atom. The molecule has 0 aliphatic carbocycles. The summed E-state index contributed by atoms with van der Waals surface area (Å²) in [5, 5.41) is 18.0. The molecule has 2 aromatic rings. The summed E-state index contributed by atoms with van der Waals surface area (Å²) >= 11 is 2.15. The summed E-state index contributed by atoms with van der Waals surface area (Å²) in [6, 6.07) is 15.6. The highest BCUT2D eigenvalue weighted by Crippen LogP contribution is 2.29. The molecule has 0 unspecified atom stereocenters. The predicted molar refractivity (Wildman–Crippen MR) is 115 cm³/mol. The summed E-state index contributed by atoms with van der Waals surface area (Å²) in [4.78, 5) is 2.38. The molecular formula is C20H19IN4O2S. The molecule has 2 atom stereocenters. The minimum Gasteiger partial charge on any atom is -0.366 e. The van der Waals surface area contributed by atoms with Crippen molar-refractivity contribution in [1.29, 1.82) is 10.5 Å². The molecule has 2 aromatic carbocycles. The summed E-state index contributed by atoms with van der Waals surface area (Å²) in [5.41, 5.74) is 2.05. The Labute approximate surface area is 179 Å². The van der Waals surface area contributed by atoms with Crippen LogP contribution in [0.4, 0.5) is 5.69 Å². The summed E-state index contributed by atoms with van der Waals surface area (Å²) in [6.07, 6.45) is 0. The van der Waals surface area contributed by atoms with E-state index in [2.05, 4.69) is 33.6 Å². The van der Waals surface area contributed by atoms with E-state index in [0.29, 0.717) is 24.2 Å². The average Bonchev–Trinajstić information content (AvgIpc) is 2.69. The lowest BCUT2D eigenvalue weighted by atomic mass is 10.1. The van der Waals surface area contributed by atoms with E-state index in [4.69, 9.17) is 10.5 Å². The molecule has 1 heterocycles. The highest BCUT2D eigenvalue weighted by molar-refractivity contribution is 14.1. The highest BCUT2D eigenvalue weighted by Gasteiger charge is 2.37. The van der Waals surface area contributed by atoms with Crippen LogP contribution in [0.3, 0.4) is 0 Å². The Hall–Kier alpha value is -2.14. The Balaban J connectivity index is 1.85. The monoisotopic (exact) mass is 506 g/mol. The molecule has 6 nitrogen and oxygen atoms in total. The first-order chi connectivity index (χ1) is 13.3. The number of piperazine rings is 1. The van der Waals surface area contributed by atoms with E-state index >= 15 is 0 Å². The number of hydrogen-bond acceptors (Lipinski definition) is 5. The Morgan fingerprint density at radius 1 is 1.00 bits per heavy atom. The molecule has 0 N–H and O–H groups in total. The number of rotatable bonds is 3. The molecule has 1 fully saturated rings. The lowest BCUT2D eigenvalue weighted by molar-refractivity contribution is 0.273. The van der Waals surface area contributed by atoms with Crippen LogP contribution in [0, 0.1) is 26.2 Å². The molecule has 0 spiro atoms. The molecule has 0 saturated carbocycles. The first-order valence-corrected chi connectivity index (χ1v) is 11.3. The van der Waals surface area contributed by atoms with Gasteiger partial charge in [-0.05, 0) is 78.9 Å². The first kappa shape index (κ1) is 20.6. The number of hydrogen-bond donors (Lipinski definition) is 0. The number of benzene rings is 2. The number of nitrogens with zero attached hydrogens (tertiary/aromatic N) is 4. The van der Waals surface area contributed by atoms with Gasteiger partial charge in [0.2, 0.25) is 10.0 Å². The van der Waals surface area contributed by atoms with Crippen molar-refractivity contribution in [3.8, 4) is 12.1 Å². The van der Waals surface area contributed by atoms with E-state index in [-0.39, 0.29) is 17.0 Å². The predicted octanol–water partition coefficient (Wildman–Crippen LogP) is 3.32. The Bertz CT molecular complexity index is 1070. The maximum Gasteiger partial charge on any atom is 0.243 e. The molecule has 1 aliphatic heterocycles. The van der Waals surface area contributed by atoms with Gasteiger partial charge >= 0.3 is 0 Å². The average molecular weight is 506 g/mol. The number of sulfonamides is 1. The standard InChI is InChI=1S/C20H19IN4O2S/c1-14-13-25(28(26,27)19-7-3-16(10-22)4-8-19)15(2)12-24(14)18-6-5-17(11-23)20(21)9-18/h3-9,14-15H,12-13H2,1-2H3/t14-,15+/m0/s1. The van der Waals surface area contributed by atoms with Gasteiger partial charge in [0.15, 0.2) is 0 Å². The number of nitriles is 2. The van der Waals surface area contributed by atoms with E-state index in [1.807, 2.05) is 32.0 Å². The van der Waals surface area contributed by atoms with E-state index in [0.717, 1.165) is 9.26 Å². The third-order valence-corrected chi connectivity index (χ3v) is 7.81. The van der Waals surface area contributed by atoms with Crippen molar-refractivity contribution < 1.29 is 8.42 Å². The molecular weight excluding hydrogens is 487 g/mol. The molecule has 0 radical (unpaired) electrons. The van der Waals surface area contributed by atoms with Crippen LogP contribution in [0.15, 0.2) is 47.4 Å². The number of halogens is 1. The van der Waals surface area contributed by atoms with Crippen molar-refractivity contribution in [3.05, 3.63) is 57.2 Å². The molecule has 8 heteroatoms. The van der Waals surface area contributed by atoms with Crippen molar-refractivity contribution in [2.24, 2.45) is 0 Å². The van der Waals surface area contributed by atoms with Crippen LogP contribution >= 0.6 is 22.6 Å². The van der Waals surface area contributed by atoms with Gasteiger partial charge < -0.3 is 4.90 Å². The normalized spacial score (nSPS) is 20.4. The fraction of sp³-hybridized carbons (Fsp3) is 0.300. The fourth-order valence-corrected chi connectivity index (χ4v) is 5.72. The molecule has 0 bridgehead atoms. The minimum atomic E-state index is -3.64. The van der Waals surface area contributed by atoms with Crippen LogP contribution in [0.5, 0.6) is 0 Å². The molecule has 144 valence electrons. The third kappa shape index (κ3) is 3.86. The van der Waals surface area contributed by atoms with Crippen LogP contribution < -0.4 is 4.90 Å². The zero-order valence-corrected chi connectivity index (χ0v) is 18.5. The molecule has 3 rings (SSSR count). The van der Waals surface area contributed by atoms with Gasteiger partial charge in [-0.25, -0.2) is 8.42 Å². The maximum atomic E-state index is 13.1. The second kappa shape index (κ2) is 8.08. The van der Waals surface area contributed by atoms with Gasteiger partial charge in [0.25, 0.3) is 0 Å². The van der Waals surface area contributed by atoms with E-state index in [9.17, 15) is 8.42 Å². The lowest BCUT2D eigenvalue weighted by Crippen LogP contribution is -2.58. The molecule has 28 heavy (non-hydrogen) atoms. The van der Waals surface area contributed by atoms with E-state index in [1.165, 1.54) is 28.6 Å². The van der Waals surface area contributed by atoms with Crippen molar-refractivity contribution >= 4 is 38.3 Å². The first-order valence-electron chi connectivity index (χ1n) is 8.76. The Kier molecular flexibility index (Phi) is 5.94. The molecule has 1 saturated heterocycles. The zero-order chi connectivity index (χ0) is 20.5. The van der Waals surface area contributed by atoms with Crippen LogP contribution in [-0.4, -0.2) is 37.9 Å². The van der Waals surface area contributed by atoms with Crippen molar-refractivity contribution in [2.45, 2.75) is 30.8 Å². The van der Waals surface area contributed by atoms with Gasteiger partial charge in [0, 0.05) is 34.4 Å². The van der Waals surface area contributed by atoms with Gasteiger partial charge in [-0.15, -0.1) is 0 Å². The van der Waals surface area contributed by atoms with Gasteiger partial charge in [-0.3, -0.25) is 0 Å². The van der Waals surface area contributed by atoms with Crippen LogP contribution in [0.1, 0.15) is 25.0 Å². The molecule has 1 aliphatic rings. The Morgan fingerprint density at radius 2 is 1.68 bits per heavy atom. The smallest absolute Gasteiger partial charge is 0.243 e. The summed E-state index contributed by atoms with van der Waals surface area (Å²) in [6.45, 7) is 4.81. The second-order valence-electron chi connectivity index (χ2n) is 6.84. The lowest BCUT2D eigenvalue weighted by Gasteiger charge is -2.44. The highest BCUT2D eigenvalue weighted by atomic mass is 127. The SMILES string of the molecule is C[C@@H]1CN(c2ccc(C#N)c(I)c2)[C@@H](C)CN1S(=O)(=O)c1ccc(C#N)cc1. The topological polar surface area (TPSA) is 88.2 Å². The van der Waals surface area contributed by atoms with Gasteiger partial charge in [-0.1, -0.05) is 0 Å². The third-order valence-electron chi connectivity index (χ3n) is 4.92. The number of anilines is 1. The van der Waals surface area contributed by atoms with Crippen molar-refractivity contribution in [2.75, 3.05) is 18.0 Å². The summed E-state index contributed by atoms with van der Waals surface area (Å²) < 4.78 is 28.6. The molecule has 0 aromatic heterocycles. The summed E-state index contributed by atoms with van der Waals surface area (Å²) in [5.74, 6) is 0. The van der Waals surface area contributed by atoms with Crippen molar-refractivity contribution in [3.63, 3.8) is 0 Å². The van der Waals surface area contributed by atoms with Crippen LogP contribution in [0.25, 0.3) is 0 Å². The summed E-state index contributed by atoms with van der Waals surface area (Å²) in [7, 11) is -3.64. The van der Waals surface area contributed by atoms with Gasteiger partial charge in [0.05, 0.1) is 22.1 Å².